The van der Waals surface area contributed by atoms with E-state index >= 15 is 0 Å². The number of ether oxygens (including phenoxy) is 2. The second-order valence-corrected chi connectivity index (χ2v) is 6.24. The number of hydrazone groups is 1. The summed E-state index contributed by atoms with van der Waals surface area (Å²) in [5, 5.41) is 6.72. The average molecular weight is 382 g/mol. The molecule has 1 saturated heterocycles. The van der Waals surface area contributed by atoms with Gasteiger partial charge in [0.15, 0.2) is 6.61 Å². The van der Waals surface area contributed by atoms with Gasteiger partial charge in [0.2, 0.25) is 0 Å². The Hall–Kier alpha value is -3.26. The maximum atomic E-state index is 11.8. The Labute approximate surface area is 163 Å². The fraction of sp³-hybridized carbons (Fsp3) is 0.300. The number of carbonyl (C=O) groups excluding carboxylic acids is 2. The number of nitrogens with one attached hydrogen (secondary N) is 2. The van der Waals surface area contributed by atoms with Gasteiger partial charge in [0.25, 0.3) is 11.8 Å². The molecule has 1 atom stereocenters. The normalized spacial score (nSPS) is 16.1. The molecule has 1 aromatic heterocycles. The van der Waals surface area contributed by atoms with Crippen LogP contribution in [0.5, 0.6) is 5.75 Å². The van der Waals surface area contributed by atoms with Crippen molar-refractivity contribution in [3.63, 3.8) is 0 Å². The number of pyridine rings is 1. The first-order valence-electron chi connectivity index (χ1n) is 9.05. The zero-order valence-corrected chi connectivity index (χ0v) is 15.3. The van der Waals surface area contributed by atoms with E-state index in [9.17, 15) is 9.59 Å². The van der Waals surface area contributed by atoms with E-state index in [-0.39, 0.29) is 24.5 Å². The maximum Gasteiger partial charge on any atom is 0.272 e. The van der Waals surface area contributed by atoms with E-state index in [0.29, 0.717) is 17.9 Å². The molecular formula is C20H22N4O4. The van der Waals surface area contributed by atoms with Crippen LogP contribution in [0.4, 0.5) is 0 Å². The van der Waals surface area contributed by atoms with E-state index in [1.54, 1.807) is 42.6 Å². The first-order chi connectivity index (χ1) is 13.7. The van der Waals surface area contributed by atoms with Gasteiger partial charge >= 0.3 is 0 Å². The van der Waals surface area contributed by atoms with Gasteiger partial charge in [-0.15, -0.1) is 0 Å². The third-order valence-corrected chi connectivity index (χ3v) is 4.10. The zero-order valence-electron chi connectivity index (χ0n) is 15.3. The summed E-state index contributed by atoms with van der Waals surface area (Å²) in [6.07, 6.45) is 6.71. The number of rotatable bonds is 8. The van der Waals surface area contributed by atoms with Crippen LogP contribution in [0.1, 0.15) is 28.8 Å². The molecule has 28 heavy (non-hydrogen) atoms. The predicted molar refractivity (Wildman–Crippen MR) is 103 cm³/mol. The van der Waals surface area contributed by atoms with Crippen LogP contribution in [0.15, 0.2) is 53.9 Å². The van der Waals surface area contributed by atoms with E-state index in [1.807, 2.05) is 0 Å². The molecule has 0 radical (unpaired) electrons. The Bertz CT molecular complexity index is 803. The SMILES string of the molecule is O=C(COc1ccc(C=NNC(=O)c2cccnc2)cc1)NCC1CCCO1. The van der Waals surface area contributed by atoms with Crippen molar-refractivity contribution < 1.29 is 19.1 Å². The van der Waals surface area contributed by atoms with Gasteiger partial charge in [0.05, 0.1) is 17.9 Å². The molecule has 8 heteroatoms. The largest absolute Gasteiger partial charge is 0.484 e. The lowest BCUT2D eigenvalue weighted by atomic mass is 10.2. The number of hydrogen-bond donors (Lipinski definition) is 2. The lowest BCUT2D eigenvalue weighted by Crippen LogP contribution is -2.35. The van der Waals surface area contributed by atoms with E-state index in [2.05, 4.69) is 20.8 Å². The van der Waals surface area contributed by atoms with Crippen LogP contribution in [-0.4, -0.2) is 48.9 Å². The minimum absolute atomic E-state index is 0.0542. The fourth-order valence-corrected chi connectivity index (χ4v) is 2.61. The van der Waals surface area contributed by atoms with Crippen molar-refractivity contribution in [3.8, 4) is 5.75 Å². The van der Waals surface area contributed by atoms with Crippen LogP contribution in [0.2, 0.25) is 0 Å². The summed E-state index contributed by atoms with van der Waals surface area (Å²) in [6, 6.07) is 10.4. The molecule has 1 aliphatic heterocycles. The van der Waals surface area contributed by atoms with E-state index in [0.717, 1.165) is 25.0 Å². The fourth-order valence-electron chi connectivity index (χ4n) is 2.61. The van der Waals surface area contributed by atoms with Gasteiger partial charge in [-0.25, -0.2) is 5.43 Å². The molecule has 3 rings (SSSR count). The number of nitrogens with zero attached hydrogens (tertiary/aromatic N) is 2. The molecule has 0 bridgehead atoms. The quantitative estimate of drug-likeness (QED) is 0.532. The van der Waals surface area contributed by atoms with E-state index in [4.69, 9.17) is 9.47 Å². The highest BCUT2D eigenvalue weighted by Gasteiger charge is 2.16. The Kier molecular flexibility index (Phi) is 7.08. The second kappa shape index (κ2) is 10.2. The molecule has 1 unspecified atom stereocenters. The van der Waals surface area contributed by atoms with Gasteiger partial charge in [0.1, 0.15) is 5.75 Å². The average Bonchev–Trinajstić information content (AvgIpc) is 3.26. The van der Waals surface area contributed by atoms with Crippen LogP contribution >= 0.6 is 0 Å². The molecule has 8 nitrogen and oxygen atoms in total. The topological polar surface area (TPSA) is 102 Å². The highest BCUT2D eigenvalue weighted by molar-refractivity contribution is 5.94. The maximum absolute atomic E-state index is 11.8. The summed E-state index contributed by atoms with van der Waals surface area (Å²) in [5.41, 5.74) is 3.65. The molecule has 0 aliphatic carbocycles. The van der Waals surface area contributed by atoms with Crippen molar-refractivity contribution in [3.05, 3.63) is 59.9 Å². The molecule has 1 aromatic carbocycles. The third-order valence-electron chi connectivity index (χ3n) is 4.10. The van der Waals surface area contributed by atoms with E-state index < -0.39 is 0 Å². The second-order valence-electron chi connectivity index (χ2n) is 6.24. The lowest BCUT2D eigenvalue weighted by Gasteiger charge is -2.11. The Morgan fingerprint density at radius 1 is 1.29 bits per heavy atom. The standard InChI is InChI=1S/C20H22N4O4/c25-19(22-13-18-4-2-10-27-18)14-28-17-7-5-15(6-8-17)11-23-24-20(26)16-3-1-9-21-12-16/h1,3,5-9,11-12,18H,2,4,10,13-14H2,(H,22,25)(H,24,26). The molecule has 0 saturated carbocycles. The number of amides is 2. The van der Waals surface area contributed by atoms with Crippen molar-refractivity contribution in [1.82, 2.24) is 15.7 Å². The molecule has 2 N–H and O–H groups in total. The number of aromatic nitrogens is 1. The van der Waals surface area contributed by atoms with Crippen molar-refractivity contribution >= 4 is 18.0 Å². The van der Waals surface area contributed by atoms with Gasteiger partial charge in [-0.05, 0) is 54.8 Å². The highest BCUT2D eigenvalue weighted by Crippen LogP contribution is 2.12. The van der Waals surface area contributed by atoms with Crippen LogP contribution in [0.25, 0.3) is 0 Å². The van der Waals surface area contributed by atoms with E-state index in [1.165, 1.54) is 12.4 Å². The monoisotopic (exact) mass is 382 g/mol. The van der Waals surface area contributed by atoms with Crippen molar-refractivity contribution in [2.24, 2.45) is 5.10 Å². The smallest absolute Gasteiger partial charge is 0.272 e. The molecule has 0 spiro atoms. The predicted octanol–water partition coefficient (Wildman–Crippen LogP) is 1.52. The Morgan fingerprint density at radius 3 is 2.86 bits per heavy atom. The van der Waals surface area contributed by atoms with Gasteiger partial charge in [-0.1, -0.05) is 0 Å². The number of carbonyl (C=O) groups is 2. The summed E-state index contributed by atoms with van der Waals surface area (Å²) in [7, 11) is 0. The highest BCUT2D eigenvalue weighted by atomic mass is 16.5. The van der Waals surface area contributed by atoms with Gasteiger partial charge in [-0.2, -0.15) is 5.10 Å². The van der Waals surface area contributed by atoms with Gasteiger partial charge in [-0.3, -0.25) is 14.6 Å². The van der Waals surface area contributed by atoms with Crippen molar-refractivity contribution in [2.45, 2.75) is 18.9 Å². The molecule has 1 fully saturated rings. The number of benzene rings is 1. The van der Waals surface area contributed by atoms with Crippen LogP contribution in [0, 0.1) is 0 Å². The minimum atomic E-state index is -0.335. The first kappa shape index (κ1) is 19.5. The van der Waals surface area contributed by atoms with Crippen molar-refractivity contribution in [2.75, 3.05) is 19.8 Å². The number of hydrogen-bond acceptors (Lipinski definition) is 6. The summed E-state index contributed by atoms with van der Waals surface area (Å²) < 4.78 is 10.9. The molecule has 2 amide bonds. The van der Waals surface area contributed by atoms with Crippen molar-refractivity contribution in [1.29, 1.82) is 0 Å². The molecular weight excluding hydrogens is 360 g/mol. The van der Waals surface area contributed by atoms with Crippen LogP contribution < -0.4 is 15.5 Å². The first-order valence-corrected chi connectivity index (χ1v) is 9.05. The zero-order chi connectivity index (χ0) is 19.6. The Morgan fingerprint density at radius 2 is 2.14 bits per heavy atom. The van der Waals surface area contributed by atoms with Gasteiger partial charge < -0.3 is 14.8 Å². The summed E-state index contributed by atoms with van der Waals surface area (Å²) in [4.78, 5) is 27.5. The third kappa shape index (κ3) is 6.17. The van der Waals surface area contributed by atoms with Gasteiger partial charge in [0, 0.05) is 25.5 Å². The van der Waals surface area contributed by atoms with Crippen LogP contribution in [0.3, 0.4) is 0 Å². The van der Waals surface area contributed by atoms with Crippen LogP contribution in [-0.2, 0) is 9.53 Å². The minimum Gasteiger partial charge on any atom is -0.484 e. The molecule has 2 heterocycles. The molecule has 1 aliphatic rings. The summed E-state index contributed by atoms with van der Waals surface area (Å²) in [6.45, 7) is 1.23. The molecule has 2 aromatic rings. The summed E-state index contributed by atoms with van der Waals surface area (Å²) >= 11 is 0. The molecule has 146 valence electrons. The lowest BCUT2D eigenvalue weighted by molar-refractivity contribution is -0.123. The Balaban J connectivity index is 1.39. The summed E-state index contributed by atoms with van der Waals surface area (Å²) in [5.74, 6) is 0.0568.